The molecule has 0 aliphatic rings. The highest BCUT2D eigenvalue weighted by atomic mass is 35.5. The van der Waals surface area contributed by atoms with Crippen LogP contribution in [0.15, 0.2) is 12.1 Å². The van der Waals surface area contributed by atoms with Crippen LogP contribution >= 0.6 is 11.6 Å². The number of aryl methyl sites for hydroxylation is 1. The molecule has 4 nitrogen and oxygen atoms in total. The highest BCUT2D eigenvalue weighted by Gasteiger charge is 2.12. The summed E-state index contributed by atoms with van der Waals surface area (Å²) < 4.78 is 11.0. The summed E-state index contributed by atoms with van der Waals surface area (Å²) in [5.41, 5.74) is 0.876. The van der Waals surface area contributed by atoms with Gasteiger partial charge in [-0.05, 0) is 38.3 Å². The smallest absolute Gasteiger partial charge is 0.162 e. The van der Waals surface area contributed by atoms with Crippen molar-refractivity contribution in [3.8, 4) is 11.5 Å². The molecule has 2 N–H and O–H groups in total. The number of aliphatic hydroxyl groups excluding tert-OH is 2. The lowest BCUT2D eigenvalue weighted by molar-refractivity contribution is 0.0885. The van der Waals surface area contributed by atoms with Gasteiger partial charge in [0, 0.05) is 11.1 Å². The summed E-state index contributed by atoms with van der Waals surface area (Å²) in [5.74, 6) is 1.28. The maximum atomic E-state index is 9.37. The van der Waals surface area contributed by atoms with E-state index < -0.39 is 6.10 Å². The van der Waals surface area contributed by atoms with Crippen molar-refractivity contribution in [2.75, 3.05) is 19.8 Å². The number of benzene rings is 1. The van der Waals surface area contributed by atoms with Crippen molar-refractivity contribution in [3.05, 3.63) is 22.7 Å². The molecule has 1 aromatic carbocycles. The monoisotopic (exact) mass is 288 g/mol. The van der Waals surface area contributed by atoms with Crippen LogP contribution in [0.2, 0.25) is 5.02 Å². The number of halogens is 1. The number of ether oxygens (including phenoxy) is 2. The van der Waals surface area contributed by atoms with Gasteiger partial charge in [-0.2, -0.15) is 0 Å². The van der Waals surface area contributed by atoms with E-state index in [0.717, 1.165) is 5.56 Å². The molecule has 19 heavy (non-hydrogen) atoms. The highest BCUT2D eigenvalue weighted by molar-refractivity contribution is 6.31. The lowest BCUT2D eigenvalue weighted by Gasteiger charge is -2.14. The van der Waals surface area contributed by atoms with Gasteiger partial charge in [0.25, 0.3) is 0 Å². The lowest BCUT2D eigenvalue weighted by atomic mass is 10.1. The van der Waals surface area contributed by atoms with Crippen LogP contribution in [0.1, 0.15) is 25.8 Å². The average Bonchev–Trinajstić information content (AvgIpc) is 2.40. The molecular formula is C14H21ClO4. The van der Waals surface area contributed by atoms with E-state index in [9.17, 15) is 5.11 Å². The van der Waals surface area contributed by atoms with E-state index in [2.05, 4.69) is 0 Å². The summed E-state index contributed by atoms with van der Waals surface area (Å²) in [6.45, 7) is 4.64. The van der Waals surface area contributed by atoms with Crippen LogP contribution in [-0.4, -0.2) is 36.1 Å². The third-order valence-electron chi connectivity index (χ3n) is 2.67. The molecule has 0 aliphatic carbocycles. The maximum Gasteiger partial charge on any atom is 0.162 e. The summed E-state index contributed by atoms with van der Waals surface area (Å²) >= 11 is 6.18. The van der Waals surface area contributed by atoms with Crippen molar-refractivity contribution in [1.82, 2.24) is 0 Å². The first kappa shape index (κ1) is 16.1. The second-order valence-corrected chi connectivity index (χ2v) is 4.54. The predicted octanol–water partition coefficient (Wildman–Crippen LogP) is 2.42. The van der Waals surface area contributed by atoms with E-state index in [1.807, 2.05) is 19.9 Å². The molecule has 0 saturated carbocycles. The molecule has 1 unspecified atom stereocenters. The predicted molar refractivity (Wildman–Crippen MR) is 75.2 cm³/mol. The van der Waals surface area contributed by atoms with Gasteiger partial charge >= 0.3 is 0 Å². The minimum Gasteiger partial charge on any atom is -0.490 e. The summed E-state index contributed by atoms with van der Waals surface area (Å²) in [6.07, 6.45) is 0.307. The quantitative estimate of drug-likeness (QED) is 0.771. The molecular weight excluding hydrogens is 268 g/mol. The summed E-state index contributed by atoms with van der Waals surface area (Å²) in [4.78, 5) is 0. The number of hydrogen-bond acceptors (Lipinski definition) is 4. The van der Waals surface area contributed by atoms with Crippen LogP contribution in [0.5, 0.6) is 11.5 Å². The average molecular weight is 289 g/mol. The SMILES string of the molecule is CCOc1cc(Cl)c(CCC(O)CO)cc1OCC. The molecule has 0 saturated heterocycles. The molecule has 108 valence electrons. The first-order valence-electron chi connectivity index (χ1n) is 6.49. The number of aliphatic hydroxyl groups is 2. The Balaban J connectivity index is 2.89. The second kappa shape index (κ2) is 8.25. The van der Waals surface area contributed by atoms with Crippen molar-refractivity contribution in [1.29, 1.82) is 0 Å². The van der Waals surface area contributed by atoms with Crippen molar-refractivity contribution in [2.24, 2.45) is 0 Å². The highest BCUT2D eigenvalue weighted by Crippen LogP contribution is 2.34. The van der Waals surface area contributed by atoms with Crippen molar-refractivity contribution in [3.63, 3.8) is 0 Å². The van der Waals surface area contributed by atoms with E-state index >= 15 is 0 Å². The van der Waals surface area contributed by atoms with E-state index in [0.29, 0.717) is 42.6 Å². The molecule has 1 atom stereocenters. The zero-order chi connectivity index (χ0) is 14.3. The molecule has 5 heteroatoms. The van der Waals surface area contributed by atoms with Gasteiger partial charge in [-0.15, -0.1) is 0 Å². The van der Waals surface area contributed by atoms with Crippen LogP contribution in [0, 0.1) is 0 Å². The Bertz CT molecular complexity index is 395. The largest absolute Gasteiger partial charge is 0.490 e. The molecule has 0 heterocycles. The summed E-state index contributed by atoms with van der Waals surface area (Å²) in [6, 6.07) is 3.57. The minimum atomic E-state index is -0.724. The maximum absolute atomic E-state index is 9.37. The van der Waals surface area contributed by atoms with Crippen LogP contribution < -0.4 is 9.47 Å². The van der Waals surface area contributed by atoms with Crippen molar-refractivity contribution >= 4 is 11.6 Å². The standard InChI is InChI=1S/C14H21ClO4/c1-3-18-13-7-10(5-6-11(17)9-16)12(15)8-14(13)19-4-2/h7-8,11,16-17H,3-6,9H2,1-2H3. The fraction of sp³-hybridized carbons (Fsp3) is 0.571. The van der Waals surface area contributed by atoms with E-state index in [4.69, 9.17) is 26.2 Å². The van der Waals surface area contributed by atoms with Crippen molar-refractivity contribution in [2.45, 2.75) is 32.8 Å². The fourth-order valence-electron chi connectivity index (χ4n) is 1.72. The molecule has 0 amide bonds. The Kier molecular flexibility index (Phi) is 6.99. The second-order valence-electron chi connectivity index (χ2n) is 4.13. The van der Waals surface area contributed by atoms with Gasteiger partial charge in [0.2, 0.25) is 0 Å². The number of rotatable bonds is 8. The molecule has 1 rings (SSSR count). The summed E-state index contributed by atoms with van der Waals surface area (Å²) in [5, 5.41) is 18.8. The normalized spacial score (nSPS) is 12.3. The molecule has 0 spiro atoms. The first-order chi connectivity index (χ1) is 9.12. The third-order valence-corrected chi connectivity index (χ3v) is 3.02. The minimum absolute atomic E-state index is 0.243. The van der Waals surface area contributed by atoms with Gasteiger partial charge < -0.3 is 19.7 Å². The van der Waals surface area contributed by atoms with E-state index in [-0.39, 0.29) is 6.61 Å². The molecule has 0 aromatic heterocycles. The molecule has 0 aliphatic heterocycles. The van der Waals surface area contributed by atoms with Crippen molar-refractivity contribution < 1.29 is 19.7 Å². The van der Waals surface area contributed by atoms with E-state index in [1.54, 1.807) is 6.07 Å². The van der Waals surface area contributed by atoms with Gasteiger partial charge in [-0.25, -0.2) is 0 Å². The zero-order valence-electron chi connectivity index (χ0n) is 11.4. The topological polar surface area (TPSA) is 58.9 Å². The molecule has 0 bridgehead atoms. The van der Waals surface area contributed by atoms with Crippen LogP contribution in [0.3, 0.4) is 0 Å². The van der Waals surface area contributed by atoms with Crippen LogP contribution in [-0.2, 0) is 6.42 Å². The Hall–Kier alpha value is -0.970. The van der Waals surface area contributed by atoms with Gasteiger partial charge in [-0.3, -0.25) is 0 Å². The van der Waals surface area contributed by atoms with Gasteiger partial charge in [0.15, 0.2) is 11.5 Å². The Morgan fingerprint density at radius 3 is 2.26 bits per heavy atom. The number of hydrogen-bond donors (Lipinski definition) is 2. The van der Waals surface area contributed by atoms with Crippen LogP contribution in [0.25, 0.3) is 0 Å². The Labute approximate surface area is 118 Å². The molecule has 0 fully saturated rings. The Morgan fingerprint density at radius 1 is 1.16 bits per heavy atom. The van der Waals surface area contributed by atoms with Crippen LogP contribution in [0.4, 0.5) is 0 Å². The summed E-state index contributed by atoms with van der Waals surface area (Å²) in [7, 11) is 0. The molecule has 0 radical (unpaired) electrons. The lowest BCUT2D eigenvalue weighted by Crippen LogP contribution is -2.12. The fourth-order valence-corrected chi connectivity index (χ4v) is 1.97. The van der Waals surface area contributed by atoms with E-state index in [1.165, 1.54) is 0 Å². The first-order valence-corrected chi connectivity index (χ1v) is 6.87. The van der Waals surface area contributed by atoms with Gasteiger partial charge in [0.05, 0.1) is 25.9 Å². The zero-order valence-corrected chi connectivity index (χ0v) is 12.1. The Morgan fingerprint density at radius 2 is 1.74 bits per heavy atom. The third kappa shape index (κ3) is 4.90. The van der Waals surface area contributed by atoms with Gasteiger partial charge in [-0.1, -0.05) is 11.6 Å². The molecule has 1 aromatic rings. The van der Waals surface area contributed by atoms with Gasteiger partial charge in [0.1, 0.15) is 0 Å².